The molecule has 0 saturated carbocycles. The van der Waals surface area contributed by atoms with Crippen molar-refractivity contribution in [2.24, 2.45) is 0 Å². The van der Waals surface area contributed by atoms with Gasteiger partial charge < -0.3 is 27.9 Å². The minimum absolute atomic E-state index is 0.0471. The van der Waals surface area contributed by atoms with E-state index in [0.717, 1.165) is 64.2 Å². The van der Waals surface area contributed by atoms with Crippen molar-refractivity contribution in [3.8, 4) is 0 Å². The summed E-state index contributed by atoms with van der Waals surface area (Å²) in [6, 6.07) is 0. The monoisotopic (exact) mass is 832 g/mol. The maximum atomic E-state index is 12.7. The molecule has 0 amide bonds. The molecule has 0 aromatic heterocycles. The Bertz CT molecular complexity index is 1260. The fraction of sp³-hybridized carbons (Fsp3) is 0.667. The Morgan fingerprint density at radius 3 is 1.53 bits per heavy atom. The third-order valence-corrected chi connectivity index (χ3v) is 9.88. The van der Waals surface area contributed by atoms with Gasteiger partial charge in [-0.3, -0.25) is 14.2 Å². The van der Waals surface area contributed by atoms with Crippen molar-refractivity contribution in [3.05, 3.63) is 85.1 Å². The number of esters is 2. The lowest BCUT2D eigenvalue weighted by Gasteiger charge is -2.28. The number of carbonyl (C=O) groups excluding carboxylic acids is 2. The zero-order chi connectivity index (χ0) is 42.8. The van der Waals surface area contributed by atoms with Crippen LogP contribution in [-0.4, -0.2) is 70.0 Å². The van der Waals surface area contributed by atoms with Gasteiger partial charge in [-0.2, -0.15) is 0 Å². The highest BCUT2D eigenvalue weighted by Gasteiger charge is 2.21. The fourth-order valence-corrected chi connectivity index (χ4v) is 6.17. The molecule has 10 heteroatoms. The number of likely N-dealkylation sites (N-methyl/N-ethyl adjacent to an activating group) is 1. The van der Waals surface area contributed by atoms with E-state index in [9.17, 15) is 19.0 Å². The van der Waals surface area contributed by atoms with Gasteiger partial charge >= 0.3 is 11.9 Å². The van der Waals surface area contributed by atoms with E-state index in [-0.39, 0.29) is 26.1 Å². The summed E-state index contributed by atoms with van der Waals surface area (Å²) in [6.45, 7) is 3.99. The first kappa shape index (κ1) is 55.2. The topological polar surface area (TPSA) is 111 Å². The van der Waals surface area contributed by atoms with Gasteiger partial charge in [-0.15, -0.1) is 0 Å². The number of phosphoric acid groups is 1. The molecule has 9 nitrogen and oxygen atoms in total. The zero-order valence-corrected chi connectivity index (χ0v) is 38.1. The first-order chi connectivity index (χ1) is 28.0. The van der Waals surface area contributed by atoms with Crippen LogP contribution in [0.2, 0.25) is 0 Å². The summed E-state index contributed by atoms with van der Waals surface area (Å²) in [5.74, 6) is -0.945. The van der Waals surface area contributed by atoms with E-state index in [4.69, 9.17) is 18.5 Å². The van der Waals surface area contributed by atoms with Crippen molar-refractivity contribution < 1.29 is 42.1 Å². The van der Waals surface area contributed by atoms with Gasteiger partial charge in [-0.05, 0) is 77.0 Å². The van der Waals surface area contributed by atoms with Gasteiger partial charge in [0.25, 0.3) is 7.82 Å². The molecular weight excluding hydrogens is 750 g/mol. The van der Waals surface area contributed by atoms with Gasteiger partial charge in [0, 0.05) is 12.8 Å². The van der Waals surface area contributed by atoms with Crippen molar-refractivity contribution in [2.45, 2.75) is 161 Å². The summed E-state index contributed by atoms with van der Waals surface area (Å²) in [4.78, 5) is 37.5. The number of carbonyl (C=O) groups is 2. The molecule has 0 spiro atoms. The summed E-state index contributed by atoms with van der Waals surface area (Å²) in [6.07, 6.45) is 50.5. The quantitative estimate of drug-likeness (QED) is 0.0198. The summed E-state index contributed by atoms with van der Waals surface area (Å²) < 4.78 is 33.8. The number of phosphoric ester groups is 1. The Hall–Kier alpha value is -2.81. The number of ether oxygens (including phenoxy) is 2. The molecule has 0 fully saturated rings. The number of nitrogens with zero attached hydrogens (tertiary/aromatic N) is 1. The van der Waals surface area contributed by atoms with Crippen LogP contribution in [0.4, 0.5) is 0 Å². The molecule has 0 heterocycles. The highest BCUT2D eigenvalue weighted by atomic mass is 31.2. The molecule has 0 aromatic rings. The first-order valence-electron chi connectivity index (χ1n) is 22.3. The second kappa shape index (κ2) is 39.6. The van der Waals surface area contributed by atoms with Crippen LogP contribution in [0.25, 0.3) is 0 Å². The molecule has 0 aliphatic carbocycles. The van der Waals surface area contributed by atoms with Crippen LogP contribution >= 0.6 is 7.82 Å². The molecular formula is C48H82NO8P. The maximum Gasteiger partial charge on any atom is 0.306 e. The van der Waals surface area contributed by atoms with Gasteiger partial charge in [-0.1, -0.05) is 150 Å². The van der Waals surface area contributed by atoms with Crippen LogP contribution < -0.4 is 4.89 Å². The number of rotatable bonds is 39. The van der Waals surface area contributed by atoms with E-state index in [1.54, 1.807) is 0 Å². The minimum Gasteiger partial charge on any atom is -0.756 e. The Morgan fingerprint density at radius 2 is 1.02 bits per heavy atom. The van der Waals surface area contributed by atoms with Gasteiger partial charge in [0.1, 0.15) is 19.8 Å². The lowest BCUT2D eigenvalue weighted by atomic mass is 10.1. The summed E-state index contributed by atoms with van der Waals surface area (Å²) >= 11 is 0. The Morgan fingerprint density at radius 1 is 0.552 bits per heavy atom. The molecule has 0 radical (unpaired) electrons. The van der Waals surface area contributed by atoms with E-state index >= 15 is 0 Å². The van der Waals surface area contributed by atoms with Crippen molar-refractivity contribution in [2.75, 3.05) is 47.5 Å². The van der Waals surface area contributed by atoms with Gasteiger partial charge in [0.15, 0.2) is 6.10 Å². The van der Waals surface area contributed by atoms with Gasteiger partial charge in [0.2, 0.25) is 0 Å². The molecule has 0 N–H and O–H groups in total. The molecule has 0 aliphatic heterocycles. The average Bonchev–Trinajstić information content (AvgIpc) is 3.17. The Labute approximate surface area is 354 Å². The standard InChI is InChI=1S/C48H82NO8P/c1-6-8-10-12-14-16-18-20-22-23-24-25-27-28-30-32-34-36-38-40-47(50)54-44-46(45-56-58(52,53)55-43-42-49(3,4)5)57-48(51)41-39-37-35-33-31-29-26-21-19-17-15-13-11-9-7-2/h8,10,14,16-17,19-20,22,24-25,28,30,34,36,46H,6-7,9,11-13,15,18,21,23,26-27,29,31-33,35,37-45H2,1-5H3/b10-8+,16-14+,19-17+,22-20+,25-24+,30-28+,36-34+/t46-/m1/s1. The zero-order valence-electron chi connectivity index (χ0n) is 37.2. The van der Waals surface area contributed by atoms with Gasteiger partial charge in [-0.25, -0.2) is 0 Å². The van der Waals surface area contributed by atoms with Crippen LogP contribution in [0.1, 0.15) is 155 Å². The number of unbranched alkanes of at least 4 members (excludes halogenated alkanes) is 11. The maximum absolute atomic E-state index is 12.7. The molecule has 0 rings (SSSR count). The van der Waals surface area contributed by atoms with Crippen molar-refractivity contribution in [1.82, 2.24) is 0 Å². The van der Waals surface area contributed by atoms with Crippen LogP contribution in [0.15, 0.2) is 85.1 Å². The van der Waals surface area contributed by atoms with E-state index in [1.807, 2.05) is 33.3 Å². The molecule has 1 unspecified atom stereocenters. The van der Waals surface area contributed by atoms with E-state index in [0.29, 0.717) is 23.9 Å². The highest BCUT2D eigenvalue weighted by Crippen LogP contribution is 2.38. The third kappa shape index (κ3) is 42.8. The largest absolute Gasteiger partial charge is 0.756 e. The fourth-order valence-electron chi connectivity index (χ4n) is 5.44. The van der Waals surface area contributed by atoms with E-state index in [1.165, 1.54) is 51.4 Å². The number of hydrogen-bond acceptors (Lipinski definition) is 8. The molecule has 0 aromatic carbocycles. The number of quaternary nitrogens is 1. The number of allylic oxidation sites excluding steroid dienone is 14. The summed E-state index contributed by atoms with van der Waals surface area (Å²) in [7, 11) is 1.11. The Balaban J connectivity index is 4.49. The van der Waals surface area contributed by atoms with Crippen LogP contribution in [-0.2, 0) is 32.7 Å². The van der Waals surface area contributed by atoms with E-state index in [2.05, 4.69) is 86.8 Å². The molecule has 2 atom stereocenters. The molecule has 58 heavy (non-hydrogen) atoms. The first-order valence-corrected chi connectivity index (χ1v) is 23.8. The van der Waals surface area contributed by atoms with Gasteiger partial charge in [0.05, 0.1) is 27.7 Å². The van der Waals surface area contributed by atoms with Crippen molar-refractivity contribution in [3.63, 3.8) is 0 Å². The minimum atomic E-state index is -4.65. The predicted molar refractivity (Wildman–Crippen MR) is 240 cm³/mol. The lowest BCUT2D eigenvalue weighted by Crippen LogP contribution is -2.37. The van der Waals surface area contributed by atoms with Crippen molar-refractivity contribution >= 4 is 19.8 Å². The summed E-state index contributed by atoms with van der Waals surface area (Å²) in [5.41, 5.74) is 0. The number of hydrogen-bond donors (Lipinski definition) is 0. The second-order valence-corrected chi connectivity index (χ2v) is 17.1. The smallest absolute Gasteiger partial charge is 0.306 e. The molecule has 0 bridgehead atoms. The third-order valence-electron chi connectivity index (χ3n) is 8.91. The average molecular weight is 832 g/mol. The lowest BCUT2D eigenvalue weighted by molar-refractivity contribution is -0.870. The highest BCUT2D eigenvalue weighted by molar-refractivity contribution is 7.45. The van der Waals surface area contributed by atoms with Crippen LogP contribution in [0.5, 0.6) is 0 Å². The molecule has 0 aliphatic rings. The second-order valence-electron chi connectivity index (χ2n) is 15.7. The van der Waals surface area contributed by atoms with Crippen LogP contribution in [0, 0.1) is 0 Å². The van der Waals surface area contributed by atoms with Crippen molar-refractivity contribution in [1.29, 1.82) is 0 Å². The predicted octanol–water partition coefficient (Wildman–Crippen LogP) is 12.2. The van der Waals surface area contributed by atoms with Crippen LogP contribution in [0.3, 0.4) is 0 Å². The molecule has 0 saturated heterocycles. The molecule has 332 valence electrons. The normalized spacial score (nSPS) is 14.4. The SMILES string of the molecule is CC/C=C/C/C=C/C/C=C/C/C=C/C/C=C/C/C=C/CCC(=O)OC[C@H](COP(=O)([O-])OCC[N+](C)(C)C)OC(=O)CCCCCCCCC/C=C/CCCCCC. The summed E-state index contributed by atoms with van der Waals surface area (Å²) in [5, 5.41) is 0. The van der Waals surface area contributed by atoms with E-state index < -0.39 is 32.5 Å². The Kier molecular flexibility index (Phi) is 37.7.